The third-order valence-electron chi connectivity index (χ3n) is 2.76. The van der Waals surface area contributed by atoms with Gasteiger partial charge >= 0.3 is 0 Å². The molecule has 0 aromatic heterocycles. The van der Waals surface area contributed by atoms with Gasteiger partial charge in [0.15, 0.2) is 0 Å². The Bertz CT molecular complexity index is 407. The third-order valence-corrected chi connectivity index (χ3v) is 2.76. The van der Waals surface area contributed by atoms with E-state index in [9.17, 15) is 4.79 Å². The lowest BCUT2D eigenvalue weighted by Gasteiger charge is -2.19. The lowest BCUT2D eigenvalue weighted by Crippen LogP contribution is -2.24. The SMILES string of the molecule is CCC(COC)Nc1ccc(C(=O)NC)cc1N. The van der Waals surface area contributed by atoms with E-state index in [0.29, 0.717) is 17.9 Å². The largest absolute Gasteiger partial charge is 0.397 e. The number of rotatable bonds is 6. The van der Waals surface area contributed by atoms with Crippen molar-refractivity contribution in [3.63, 3.8) is 0 Å². The van der Waals surface area contributed by atoms with Crippen molar-refractivity contribution in [1.82, 2.24) is 5.32 Å². The minimum Gasteiger partial charge on any atom is -0.397 e. The van der Waals surface area contributed by atoms with Gasteiger partial charge in [-0.2, -0.15) is 0 Å². The standard InChI is InChI=1S/C13H21N3O2/c1-4-10(8-18-3)16-12-6-5-9(7-11(12)14)13(17)15-2/h5-7,10,16H,4,8,14H2,1-3H3,(H,15,17). The molecule has 100 valence electrons. The van der Waals surface area contributed by atoms with E-state index in [1.807, 2.05) is 6.07 Å². The van der Waals surface area contributed by atoms with Crippen LogP contribution in [0.4, 0.5) is 11.4 Å². The molecule has 5 nitrogen and oxygen atoms in total. The van der Waals surface area contributed by atoms with E-state index in [2.05, 4.69) is 17.6 Å². The summed E-state index contributed by atoms with van der Waals surface area (Å²) in [5, 5.41) is 5.87. The molecule has 1 amide bonds. The Hall–Kier alpha value is -1.75. The van der Waals surface area contributed by atoms with Crippen LogP contribution in [0.25, 0.3) is 0 Å². The maximum absolute atomic E-state index is 11.5. The number of hydrogen-bond donors (Lipinski definition) is 3. The van der Waals surface area contributed by atoms with Crippen LogP contribution < -0.4 is 16.4 Å². The number of hydrogen-bond acceptors (Lipinski definition) is 4. The van der Waals surface area contributed by atoms with Gasteiger partial charge in [-0.25, -0.2) is 0 Å². The van der Waals surface area contributed by atoms with E-state index in [0.717, 1.165) is 12.1 Å². The second kappa shape index (κ2) is 6.86. The Kier molecular flexibility index (Phi) is 5.45. The van der Waals surface area contributed by atoms with Gasteiger partial charge in [0.05, 0.1) is 18.0 Å². The van der Waals surface area contributed by atoms with E-state index < -0.39 is 0 Å². The molecule has 0 aliphatic heterocycles. The topological polar surface area (TPSA) is 76.4 Å². The smallest absolute Gasteiger partial charge is 0.251 e. The average Bonchev–Trinajstić information content (AvgIpc) is 2.39. The first-order chi connectivity index (χ1) is 8.62. The van der Waals surface area contributed by atoms with Gasteiger partial charge in [-0.05, 0) is 24.6 Å². The summed E-state index contributed by atoms with van der Waals surface area (Å²) in [7, 11) is 3.26. The quantitative estimate of drug-likeness (QED) is 0.669. The Balaban J connectivity index is 2.82. The number of methoxy groups -OCH3 is 1. The number of nitrogens with two attached hydrogens (primary N) is 1. The maximum atomic E-state index is 11.5. The number of anilines is 2. The van der Waals surface area contributed by atoms with Gasteiger partial charge < -0.3 is 21.1 Å². The molecule has 0 aliphatic rings. The Morgan fingerprint density at radius 2 is 2.22 bits per heavy atom. The van der Waals surface area contributed by atoms with E-state index in [-0.39, 0.29) is 11.9 Å². The lowest BCUT2D eigenvalue weighted by atomic mass is 10.1. The van der Waals surface area contributed by atoms with Crippen LogP contribution in [-0.4, -0.2) is 32.7 Å². The fraction of sp³-hybridized carbons (Fsp3) is 0.462. The molecule has 0 heterocycles. The van der Waals surface area contributed by atoms with E-state index in [4.69, 9.17) is 10.5 Å². The monoisotopic (exact) mass is 251 g/mol. The molecule has 1 aromatic rings. The number of carbonyl (C=O) groups is 1. The highest BCUT2D eigenvalue weighted by Gasteiger charge is 2.10. The van der Waals surface area contributed by atoms with Crippen LogP contribution in [0.2, 0.25) is 0 Å². The second-order valence-corrected chi connectivity index (χ2v) is 4.09. The first-order valence-corrected chi connectivity index (χ1v) is 5.99. The summed E-state index contributed by atoms with van der Waals surface area (Å²) >= 11 is 0. The molecular formula is C13H21N3O2. The predicted molar refractivity (Wildman–Crippen MR) is 73.8 cm³/mol. The van der Waals surface area contributed by atoms with Gasteiger partial charge in [0.1, 0.15) is 0 Å². The molecule has 0 saturated carbocycles. The van der Waals surface area contributed by atoms with Crippen LogP contribution in [0.15, 0.2) is 18.2 Å². The summed E-state index contributed by atoms with van der Waals surface area (Å²) in [6, 6.07) is 5.44. The molecule has 1 atom stereocenters. The lowest BCUT2D eigenvalue weighted by molar-refractivity contribution is 0.0963. The molecule has 0 saturated heterocycles. The Morgan fingerprint density at radius 1 is 1.50 bits per heavy atom. The molecule has 18 heavy (non-hydrogen) atoms. The summed E-state index contributed by atoms with van der Waals surface area (Å²) in [6.45, 7) is 2.69. The zero-order chi connectivity index (χ0) is 13.5. The van der Waals surface area contributed by atoms with Gasteiger partial charge in [0, 0.05) is 25.8 Å². The van der Waals surface area contributed by atoms with Gasteiger partial charge in [0.25, 0.3) is 5.91 Å². The van der Waals surface area contributed by atoms with Crippen LogP contribution in [0.1, 0.15) is 23.7 Å². The Labute approximate surface area is 108 Å². The van der Waals surface area contributed by atoms with Crippen molar-refractivity contribution >= 4 is 17.3 Å². The van der Waals surface area contributed by atoms with Crippen molar-refractivity contribution in [2.75, 3.05) is 31.8 Å². The Morgan fingerprint density at radius 3 is 2.72 bits per heavy atom. The van der Waals surface area contributed by atoms with Crippen LogP contribution in [-0.2, 0) is 4.74 Å². The van der Waals surface area contributed by atoms with E-state index in [1.54, 1.807) is 26.3 Å². The molecule has 0 bridgehead atoms. The number of carbonyl (C=O) groups excluding carboxylic acids is 1. The number of nitrogen functional groups attached to an aromatic ring is 1. The molecule has 1 unspecified atom stereocenters. The zero-order valence-corrected chi connectivity index (χ0v) is 11.1. The number of ether oxygens (including phenoxy) is 1. The highest BCUT2D eigenvalue weighted by Crippen LogP contribution is 2.21. The second-order valence-electron chi connectivity index (χ2n) is 4.09. The van der Waals surface area contributed by atoms with Crippen LogP contribution in [0.5, 0.6) is 0 Å². The van der Waals surface area contributed by atoms with Crippen molar-refractivity contribution < 1.29 is 9.53 Å². The minimum atomic E-state index is -0.141. The van der Waals surface area contributed by atoms with Gasteiger partial charge in [-0.3, -0.25) is 4.79 Å². The molecule has 1 rings (SSSR count). The first kappa shape index (κ1) is 14.3. The van der Waals surface area contributed by atoms with Crippen molar-refractivity contribution in [1.29, 1.82) is 0 Å². The van der Waals surface area contributed by atoms with E-state index in [1.165, 1.54) is 0 Å². The van der Waals surface area contributed by atoms with Gasteiger partial charge in [0.2, 0.25) is 0 Å². The van der Waals surface area contributed by atoms with Crippen LogP contribution in [0.3, 0.4) is 0 Å². The molecule has 0 spiro atoms. The summed E-state index contributed by atoms with van der Waals surface area (Å²) in [6.07, 6.45) is 0.935. The summed E-state index contributed by atoms with van der Waals surface area (Å²) < 4.78 is 5.12. The molecular weight excluding hydrogens is 230 g/mol. The third kappa shape index (κ3) is 3.63. The fourth-order valence-corrected chi connectivity index (χ4v) is 1.66. The van der Waals surface area contributed by atoms with Crippen LogP contribution >= 0.6 is 0 Å². The molecule has 0 fully saturated rings. The summed E-state index contributed by atoms with van der Waals surface area (Å²) in [5.41, 5.74) is 7.87. The maximum Gasteiger partial charge on any atom is 0.251 e. The van der Waals surface area contributed by atoms with E-state index >= 15 is 0 Å². The first-order valence-electron chi connectivity index (χ1n) is 5.99. The van der Waals surface area contributed by atoms with Crippen LogP contribution in [0, 0.1) is 0 Å². The number of amides is 1. The van der Waals surface area contributed by atoms with Crippen molar-refractivity contribution in [3.05, 3.63) is 23.8 Å². The predicted octanol–water partition coefficient (Wildman–Crippen LogP) is 1.47. The normalized spacial score (nSPS) is 11.9. The minimum absolute atomic E-state index is 0.141. The van der Waals surface area contributed by atoms with Crippen molar-refractivity contribution in [2.24, 2.45) is 0 Å². The molecule has 4 N–H and O–H groups in total. The summed E-state index contributed by atoms with van der Waals surface area (Å²) in [5.74, 6) is -0.141. The molecule has 0 aliphatic carbocycles. The fourth-order valence-electron chi connectivity index (χ4n) is 1.66. The summed E-state index contributed by atoms with van der Waals surface area (Å²) in [4.78, 5) is 11.5. The molecule has 5 heteroatoms. The van der Waals surface area contributed by atoms with Gasteiger partial charge in [-0.15, -0.1) is 0 Å². The van der Waals surface area contributed by atoms with Crippen molar-refractivity contribution in [3.8, 4) is 0 Å². The average molecular weight is 251 g/mol. The number of benzene rings is 1. The highest BCUT2D eigenvalue weighted by atomic mass is 16.5. The molecule has 1 aromatic carbocycles. The zero-order valence-electron chi connectivity index (χ0n) is 11.1. The van der Waals surface area contributed by atoms with Crippen molar-refractivity contribution in [2.45, 2.75) is 19.4 Å². The molecule has 0 radical (unpaired) electrons. The highest BCUT2D eigenvalue weighted by molar-refractivity contribution is 5.95. The van der Waals surface area contributed by atoms with Gasteiger partial charge in [-0.1, -0.05) is 6.92 Å². The number of nitrogens with one attached hydrogen (secondary N) is 2.